The van der Waals surface area contributed by atoms with Crippen molar-refractivity contribution >= 4 is 17.3 Å². The molecular weight excluding hydrogens is 246 g/mol. The fourth-order valence-electron chi connectivity index (χ4n) is 2.11. The lowest BCUT2D eigenvalue weighted by atomic mass is 9.98. The highest BCUT2D eigenvalue weighted by Crippen LogP contribution is 2.27. The molecule has 0 spiro atoms. The average molecular weight is 267 g/mol. The van der Waals surface area contributed by atoms with Gasteiger partial charge in [0.1, 0.15) is 6.33 Å². The third kappa shape index (κ3) is 4.35. The lowest BCUT2D eigenvalue weighted by Gasteiger charge is -2.16. The van der Waals surface area contributed by atoms with Gasteiger partial charge in [-0.05, 0) is 18.8 Å². The van der Waals surface area contributed by atoms with Crippen LogP contribution in [-0.4, -0.2) is 21.4 Å². The SMILES string of the molecule is CCCC(CCC)CNc1ncnc(N)c1[N+](=O)[O-]. The molecule has 0 aliphatic carbocycles. The second kappa shape index (κ2) is 7.50. The fourth-order valence-corrected chi connectivity index (χ4v) is 2.11. The van der Waals surface area contributed by atoms with Gasteiger partial charge in [0.05, 0.1) is 4.92 Å². The maximum absolute atomic E-state index is 10.9. The molecule has 106 valence electrons. The van der Waals surface area contributed by atoms with E-state index in [4.69, 9.17) is 5.73 Å². The molecule has 1 aromatic heterocycles. The highest BCUT2D eigenvalue weighted by molar-refractivity contribution is 5.67. The van der Waals surface area contributed by atoms with Gasteiger partial charge in [-0.2, -0.15) is 0 Å². The number of nitrogens with zero attached hydrogens (tertiary/aromatic N) is 3. The molecule has 0 atom stereocenters. The number of aromatic nitrogens is 2. The zero-order valence-electron chi connectivity index (χ0n) is 11.4. The lowest BCUT2D eigenvalue weighted by Crippen LogP contribution is -2.16. The molecule has 0 aliphatic rings. The van der Waals surface area contributed by atoms with Crippen molar-refractivity contribution in [2.75, 3.05) is 17.6 Å². The molecule has 0 unspecified atom stereocenters. The van der Waals surface area contributed by atoms with Gasteiger partial charge in [0, 0.05) is 6.54 Å². The molecule has 0 amide bonds. The van der Waals surface area contributed by atoms with Crippen LogP contribution in [0.25, 0.3) is 0 Å². The summed E-state index contributed by atoms with van der Waals surface area (Å²) in [6.45, 7) is 4.93. The number of nitro groups is 1. The Morgan fingerprint density at radius 2 is 2.00 bits per heavy atom. The quantitative estimate of drug-likeness (QED) is 0.553. The first-order valence-corrected chi connectivity index (χ1v) is 6.58. The summed E-state index contributed by atoms with van der Waals surface area (Å²) in [5, 5.41) is 14.0. The Kier molecular flexibility index (Phi) is 5.98. The summed E-state index contributed by atoms with van der Waals surface area (Å²) >= 11 is 0. The van der Waals surface area contributed by atoms with E-state index >= 15 is 0 Å². The van der Waals surface area contributed by atoms with Gasteiger partial charge in [-0.25, -0.2) is 9.97 Å². The number of rotatable bonds is 8. The number of nitrogen functional groups attached to an aromatic ring is 1. The van der Waals surface area contributed by atoms with Crippen LogP contribution >= 0.6 is 0 Å². The normalized spacial score (nSPS) is 10.7. The zero-order valence-corrected chi connectivity index (χ0v) is 11.4. The van der Waals surface area contributed by atoms with Crippen LogP contribution in [0.15, 0.2) is 6.33 Å². The van der Waals surface area contributed by atoms with Crippen molar-refractivity contribution in [3.63, 3.8) is 0 Å². The van der Waals surface area contributed by atoms with Gasteiger partial charge in [0.25, 0.3) is 0 Å². The van der Waals surface area contributed by atoms with Crippen LogP contribution in [0.3, 0.4) is 0 Å². The molecule has 19 heavy (non-hydrogen) atoms. The smallest absolute Gasteiger partial charge is 0.352 e. The Hall–Kier alpha value is -1.92. The van der Waals surface area contributed by atoms with E-state index in [0.717, 1.165) is 25.7 Å². The van der Waals surface area contributed by atoms with E-state index in [1.807, 2.05) is 0 Å². The van der Waals surface area contributed by atoms with Gasteiger partial charge in [-0.3, -0.25) is 10.1 Å². The predicted molar refractivity (Wildman–Crippen MR) is 74.9 cm³/mol. The maximum atomic E-state index is 10.9. The molecule has 1 aromatic rings. The van der Waals surface area contributed by atoms with Crippen LogP contribution < -0.4 is 11.1 Å². The molecule has 0 saturated heterocycles. The topological polar surface area (TPSA) is 107 Å². The first-order valence-electron chi connectivity index (χ1n) is 6.58. The molecule has 1 rings (SSSR count). The summed E-state index contributed by atoms with van der Waals surface area (Å²) < 4.78 is 0. The molecule has 3 N–H and O–H groups in total. The van der Waals surface area contributed by atoms with Crippen LogP contribution in [0.4, 0.5) is 17.3 Å². The third-order valence-corrected chi connectivity index (χ3v) is 2.99. The minimum atomic E-state index is -0.549. The molecule has 7 nitrogen and oxygen atoms in total. The largest absolute Gasteiger partial charge is 0.378 e. The van der Waals surface area contributed by atoms with E-state index in [2.05, 4.69) is 29.1 Å². The van der Waals surface area contributed by atoms with Crippen LogP contribution in [0.2, 0.25) is 0 Å². The van der Waals surface area contributed by atoms with Crippen molar-refractivity contribution in [2.24, 2.45) is 5.92 Å². The number of anilines is 2. The Bertz CT molecular complexity index is 419. The summed E-state index contributed by atoms with van der Waals surface area (Å²) in [5.41, 5.74) is 5.27. The maximum Gasteiger partial charge on any atom is 0.352 e. The van der Waals surface area contributed by atoms with E-state index in [1.165, 1.54) is 6.33 Å². The van der Waals surface area contributed by atoms with Gasteiger partial charge in [0.2, 0.25) is 11.6 Å². The average Bonchev–Trinajstić information content (AvgIpc) is 2.36. The van der Waals surface area contributed by atoms with Crippen LogP contribution in [0.5, 0.6) is 0 Å². The summed E-state index contributed by atoms with van der Waals surface area (Å²) in [5.74, 6) is 0.588. The summed E-state index contributed by atoms with van der Waals surface area (Å²) in [6.07, 6.45) is 5.62. The highest BCUT2D eigenvalue weighted by Gasteiger charge is 2.21. The van der Waals surface area contributed by atoms with Gasteiger partial charge >= 0.3 is 5.69 Å². The first-order chi connectivity index (χ1) is 9.10. The number of hydrogen-bond donors (Lipinski definition) is 2. The van der Waals surface area contributed by atoms with Gasteiger partial charge in [-0.15, -0.1) is 0 Å². The molecule has 0 fully saturated rings. The number of hydrogen-bond acceptors (Lipinski definition) is 6. The Labute approximate surface area is 112 Å². The van der Waals surface area contributed by atoms with E-state index in [0.29, 0.717) is 12.5 Å². The van der Waals surface area contributed by atoms with E-state index in [9.17, 15) is 10.1 Å². The standard InChI is InChI=1S/C12H21N5O2/c1-3-5-9(6-4-2)7-14-12-10(17(18)19)11(13)15-8-16-12/h8-9H,3-7H2,1-2H3,(H3,13,14,15,16). The molecule has 7 heteroatoms. The fraction of sp³-hybridized carbons (Fsp3) is 0.667. The van der Waals surface area contributed by atoms with Gasteiger partial charge in [-0.1, -0.05) is 26.7 Å². The van der Waals surface area contributed by atoms with Gasteiger partial charge < -0.3 is 11.1 Å². The predicted octanol–water partition coefficient (Wildman–Crippen LogP) is 2.60. The van der Waals surface area contributed by atoms with Crippen molar-refractivity contribution in [2.45, 2.75) is 39.5 Å². The van der Waals surface area contributed by atoms with E-state index in [-0.39, 0.29) is 17.3 Å². The minimum Gasteiger partial charge on any atom is -0.378 e. The van der Waals surface area contributed by atoms with Gasteiger partial charge in [0.15, 0.2) is 0 Å². The van der Waals surface area contributed by atoms with Crippen molar-refractivity contribution in [3.8, 4) is 0 Å². The molecule has 0 aromatic carbocycles. The van der Waals surface area contributed by atoms with E-state index < -0.39 is 4.92 Å². The second-order valence-electron chi connectivity index (χ2n) is 4.54. The summed E-state index contributed by atoms with van der Waals surface area (Å²) in [7, 11) is 0. The highest BCUT2D eigenvalue weighted by atomic mass is 16.6. The minimum absolute atomic E-state index is 0.106. The Morgan fingerprint density at radius 3 is 2.53 bits per heavy atom. The molecule has 1 heterocycles. The van der Waals surface area contributed by atoms with Crippen molar-refractivity contribution in [1.29, 1.82) is 0 Å². The molecule has 0 aliphatic heterocycles. The monoisotopic (exact) mass is 267 g/mol. The molecule has 0 radical (unpaired) electrons. The third-order valence-electron chi connectivity index (χ3n) is 2.99. The van der Waals surface area contributed by atoms with Crippen molar-refractivity contribution < 1.29 is 4.92 Å². The van der Waals surface area contributed by atoms with Crippen LogP contribution in [0.1, 0.15) is 39.5 Å². The van der Waals surface area contributed by atoms with E-state index in [1.54, 1.807) is 0 Å². The van der Waals surface area contributed by atoms with Crippen molar-refractivity contribution in [3.05, 3.63) is 16.4 Å². The number of nitrogens with two attached hydrogens (primary N) is 1. The molecule has 0 saturated carbocycles. The Morgan fingerprint density at radius 1 is 1.37 bits per heavy atom. The van der Waals surface area contributed by atoms with Crippen LogP contribution in [0, 0.1) is 16.0 Å². The summed E-state index contributed by atoms with van der Waals surface area (Å²) in [6, 6.07) is 0. The second-order valence-corrected chi connectivity index (χ2v) is 4.54. The first kappa shape index (κ1) is 15.1. The lowest BCUT2D eigenvalue weighted by molar-refractivity contribution is -0.383. The molecule has 0 bridgehead atoms. The molecular formula is C12H21N5O2. The zero-order chi connectivity index (χ0) is 14.3. The number of nitrogens with one attached hydrogen (secondary N) is 1. The van der Waals surface area contributed by atoms with Crippen molar-refractivity contribution in [1.82, 2.24) is 9.97 Å². The van der Waals surface area contributed by atoms with Crippen LogP contribution in [-0.2, 0) is 0 Å². The Balaban J connectivity index is 2.76. The summed E-state index contributed by atoms with van der Waals surface area (Å²) in [4.78, 5) is 17.9.